The van der Waals surface area contributed by atoms with Crippen LogP contribution in [-0.4, -0.2) is 52.9 Å². The highest BCUT2D eigenvalue weighted by Gasteiger charge is 2.30. The molecule has 156 valence electrons. The zero-order chi connectivity index (χ0) is 21.1. The molecule has 1 saturated heterocycles. The van der Waals surface area contributed by atoms with Crippen molar-refractivity contribution >= 4 is 23.5 Å². The van der Waals surface area contributed by atoms with Crippen LogP contribution in [0.3, 0.4) is 0 Å². The van der Waals surface area contributed by atoms with E-state index >= 15 is 0 Å². The van der Waals surface area contributed by atoms with E-state index < -0.39 is 0 Å². The topological polar surface area (TPSA) is 96.5 Å². The second-order valence-corrected chi connectivity index (χ2v) is 7.58. The number of rotatable bonds is 7. The van der Waals surface area contributed by atoms with Crippen LogP contribution in [0.2, 0.25) is 0 Å². The summed E-state index contributed by atoms with van der Waals surface area (Å²) in [7, 11) is 1.63. The predicted octanol–water partition coefficient (Wildman–Crippen LogP) is 2.81. The van der Waals surface area contributed by atoms with E-state index in [-0.39, 0.29) is 17.9 Å². The van der Waals surface area contributed by atoms with Crippen LogP contribution in [0, 0.1) is 0 Å². The summed E-state index contributed by atoms with van der Waals surface area (Å²) in [6.45, 7) is 4.65. The second kappa shape index (κ2) is 8.52. The van der Waals surface area contributed by atoms with E-state index in [9.17, 15) is 9.59 Å². The van der Waals surface area contributed by atoms with E-state index in [1.165, 1.54) is 6.08 Å². The minimum absolute atomic E-state index is 0.0384. The number of anilines is 2. The molecule has 8 heteroatoms. The summed E-state index contributed by atoms with van der Waals surface area (Å²) in [4.78, 5) is 34.9. The average Bonchev–Trinajstić information content (AvgIpc) is 3.51. The van der Waals surface area contributed by atoms with Crippen LogP contribution in [-0.2, 0) is 4.79 Å². The van der Waals surface area contributed by atoms with Crippen LogP contribution >= 0.6 is 0 Å². The molecule has 1 aromatic heterocycles. The van der Waals surface area contributed by atoms with Crippen molar-refractivity contribution in [2.24, 2.45) is 0 Å². The van der Waals surface area contributed by atoms with Crippen molar-refractivity contribution in [2.75, 3.05) is 30.8 Å². The Kier molecular flexibility index (Phi) is 5.65. The smallest absolute Gasteiger partial charge is 0.253 e. The minimum Gasteiger partial charge on any atom is -0.481 e. The van der Waals surface area contributed by atoms with Gasteiger partial charge in [0.2, 0.25) is 17.7 Å². The van der Waals surface area contributed by atoms with Gasteiger partial charge in [0.05, 0.1) is 7.11 Å². The second-order valence-electron chi connectivity index (χ2n) is 7.58. The first kappa shape index (κ1) is 19.9. The number of ether oxygens (including phenoxy) is 1. The average molecular weight is 407 g/mol. The molecule has 2 heterocycles. The zero-order valence-electron chi connectivity index (χ0n) is 16.9. The van der Waals surface area contributed by atoms with Gasteiger partial charge in [-0.15, -0.1) is 0 Å². The molecule has 0 spiro atoms. The number of nitrogens with zero attached hydrogens (tertiary/aromatic N) is 3. The number of methoxy groups -OCH3 is 1. The maximum Gasteiger partial charge on any atom is 0.253 e. The van der Waals surface area contributed by atoms with Crippen molar-refractivity contribution in [2.45, 2.75) is 31.2 Å². The zero-order valence-corrected chi connectivity index (χ0v) is 16.9. The molecular weight excluding hydrogens is 382 g/mol. The van der Waals surface area contributed by atoms with Crippen LogP contribution in [0.4, 0.5) is 11.6 Å². The van der Waals surface area contributed by atoms with Crippen LogP contribution < -0.4 is 15.4 Å². The molecule has 1 atom stereocenters. The Labute approximate surface area is 175 Å². The van der Waals surface area contributed by atoms with Gasteiger partial charge in [-0.2, -0.15) is 4.98 Å². The lowest BCUT2D eigenvalue weighted by atomic mass is 10.2. The number of aromatic nitrogens is 2. The number of carbonyl (C=O) groups is 2. The first-order valence-corrected chi connectivity index (χ1v) is 10.1. The minimum atomic E-state index is -0.286. The normalized spacial score (nSPS) is 18.0. The Morgan fingerprint density at radius 3 is 2.67 bits per heavy atom. The van der Waals surface area contributed by atoms with Crippen LogP contribution in [0.15, 0.2) is 43.1 Å². The number of likely N-dealkylation sites (tertiary alicyclic amines) is 1. The largest absolute Gasteiger partial charge is 0.481 e. The Balaban J connectivity index is 1.35. The number of hydrogen-bond donors (Lipinski definition) is 2. The monoisotopic (exact) mass is 407 g/mol. The van der Waals surface area contributed by atoms with E-state index in [2.05, 4.69) is 27.2 Å². The van der Waals surface area contributed by atoms with E-state index in [0.717, 1.165) is 24.8 Å². The third-order valence-corrected chi connectivity index (χ3v) is 5.38. The third kappa shape index (κ3) is 4.42. The first-order chi connectivity index (χ1) is 14.6. The maximum absolute atomic E-state index is 12.8. The molecule has 1 saturated carbocycles. The van der Waals surface area contributed by atoms with Gasteiger partial charge in [0.25, 0.3) is 5.91 Å². The summed E-state index contributed by atoms with van der Waals surface area (Å²) >= 11 is 0. The molecule has 4 rings (SSSR count). The van der Waals surface area contributed by atoms with Crippen LogP contribution in [0.1, 0.15) is 41.1 Å². The molecule has 30 heavy (non-hydrogen) atoms. The van der Waals surface area contributed by atoms with Gasteiger partial charge in [0.15, 0.2) is 0 Å². The Bertz CT molecular complexity index is 956. The van der Waals surface area contributed by atoms with Gasteiger partial charge in [-0.3, -0.25) is 9.59 Å². The van der Waals surface area contributed by atoms with Gasteiger partial charge in [-0.25, -0.2) is 4.98 Å². The highest BCUT2D eigenvalue weighted by molar-refractivity contribution is 5.99. The Hall–Kier alpha value is -3.42. The fourth-order valence-electron chi connectivity index (χ4n) is 3.60. The van der Waals surface area contributed by atoms with Crippen molar-refractivity contribution < 1.29 is 14.3 Å². The molecule has 0 bridgehead atoms. The van der Waals surface area contributed by atoms with E-state index in [4.69, 9.17) is 4.74 Å². The molecular formula is C22H25N5O3. The molecule has 1 aromatic carbocycles. The molecule has 2 fully saturated rings. The van der Waals surface area contributed by atoms with Gasteiger partial charge >= 0.3 is 0 Å². The SMILES string of the molecule is C=CC(=O)Nc1ccc(C(=O)N2CC[C@@H](Nc3ncc(C4CC4)c(OC)n3)C2)cc1. The van der Waals surface area contributed by atoms with Crippen molar-refractivity contribution in [3.63, 3.8) is 0 Å². The van der Waals surface area contributed by atoms with Gasteiger partial charge in [0, 0.05) is 42.1 Å². The van der Waals surface area contributed by atoms with Crippen molar-refractivity contribution in [3.05, 3.63) is 54.2 Å². The van der Waals surface area contributed by atoms with Crippen LogP contribution in [0.25, 0.3) is 0 Å². The van der Waals surface area contributed by atoms with Gasteiger partial charge in [0.1, 0.15) is 0 Å². The molecule has 1 aliphatic heterocycles. The molecule has 1 aliphatic carbocycles. The van der Waals surface area contributed by atoms with Crippen molar-refractivity contribution in [1.82, 2.24) is 14.9 Å². The van der Waals surface area contributed by atoms with Crippen LogP contribution in [0.5, 0.6) is 5.88 Å². The number of carbonyl (C=O) groups excluding carboxylic acids is 2. The molecule has 0 unspecified atom stereocenters. The Morgan fingerprint density at radius 2 is 2.00 bits per heavy atom. The Morgan fingerprint density at radius 1 is 1.23 bits per heavy atom. The van der Waals surface area contributed by atoms with Gasteiger partial charge < -0.3 is 20.3 Å². The maximum atomic E-state index is 12.8. The van der Waals surface area contributed by atoms with Crippen molar-refractivity contribution in [1.29, 1.82) is 0 Å². The molecule has 2 N–H and O–H groups in total. The summed E-state index contributed by atoms with van der Waals surface area (Å²) in [5.74, 6) is 1.35. The third-order valence-electron chi connectivity index (χ3n) is 5.38. The summed E-state index contributed by atoms with van der Waals surface area (Å²) in [5, 5.41) is 5.99. The fraction of sp³-hybridized carbons (Fsp3) is 0.364. The van der Waals surface area contributed by atoms with Gasteiger partial charge in [-0.1, -0.05) is 6.58 Å². The molecule has 2 aliphatic rings. The van der Waals surface area contributed by atoms with E-state index in [1.807, 2.05) is 11.1 Å². The number of nitrogens with one attached hydrogen (secondary N) is 2. The highest BCUT2D eigenvalue weighted by atomic mass is 16.5. The fourth-order valence-corrected chi connectivity index (χ4v) is 3.60. The number of hydrogen-bond acceptors (Lipinski definition) is 6. The first-order valence-electron chi connectivity index (χ1n) is 10.1. The lowest BCUT2D eigenvalue weighted by Crippen LogP contribution is -2.31. The van der Waals surface area contributed by atoms with E-state index in [0.29, 0.717) is 42.1 Å². The molecule has 2 aromatic rings. The van der Waals surface area contributed by atoms with Gasteiger partial charge in [-0.05, 0) is 55.5 Å². The number of benzene rings is 1. The quantitative estimate of drug-likeness (QED) is 0.685. The molecule has 8 nitrogen and oxygen atoms in total. The summed E-state index contributed by atoms with van der Waals surface area (Å²) in [6.07, 6.45) is 6.18. The predicted molar refractivity (Wildman–Crippen MR) is 114 cm³/mol. The number of amides is 2. The lowest BCUT2D eigenvalue weighted by molar-refractivity contribution is -0.111. The molecule has 0 radical (unpaired) electrons. The standard InChI is InChI=1S/C22H25N5O3/c1-3-19(28)24-16-8-6-15(7-9-16)21(29)27-11-10-17(13-27)25-22-23-12-18(14-4-5-14)20(26-22)30-2/h3,6-9,12,14,17H,1,4-5,10-11,13H2,2H3,(H,24,28)(H,23,25,26)/t17-/m1/s1. The van der Waals surface area contributed by atoms with Crippen molar-refractivity contribution in [3.8, 4) is 5.88 Å². The highest BCUT2D eigenvalue weighted by Crippen LogP contribution is 2.43. The van der Waals surface area contributed by atoms with E-state index in [1.54, 1.807) is 31.4 Å². The molecule has 2 amide bonds. The lowest BCUT2D eigenvalue weighted by Gasteiger charge is -2.18. The summed E-state index contributed by atoms with van der Waals surface area (Å²) in [5.41, 5.74) is 2.27. The summed E-state index contributed by atoms with van der Waals surface area (Å²) < 4.78 is 5.42. The summed E-state index contributed by atoms with van der Waals surface area (Å²) in [6, 6.07) is 6.93.